The fourth-order valence-electron chi connectivity index (χ4n) is 2.12. The SMILES string of the molecule is Cc1nnnn1-c1cccc(NS(=O)(=O)c2c(F)cccc2F)c1. The van der Waals surface area contributed by atoms with Crippen molar-refractivity contribution in [3.05, 3.63) is 59.9 Å². The molecule has 7 nitrogen and oxygen atoms in total. The van der Waals surface area contributed by atoms with Gasteiger partial charge in [0.2, 0.25) is 0 Å². The van der Waals surface area contributed by atoms with Gasteiger partial charge in [-0.3, -0.25) is 4.72 Å². The van der Waals surface area contributed by atoms with Crippen LogP contribution in [-0.4, -0.2) is 28.6 Å². The Kier molecular flexibility index (Phi) is 3.97. The first kappa shape index (κ1) is 16.0. The fraction of sp³-hybridized carbons (Fsp3) is 0.0714. The number of tetrazole rings is 1. The van der Waals surface area contributed by atoms with Crippen LogP contribution in [0.5, 0.6) is 0 Å². The molecule has 3 rings (SSSR count). The molecule has 0 unspecified atom stereocenters. The summed E-state index contributed by atoms with van der Waals surface area (Å²) in [5, 5.41) is 11.0. The van der Waals surface area contributed by atoms with Crippen LogP contribution in [0.2, 0.25) is 0 Å². The molecule has 0 atom stereocenters. The van der Waals surface area contributed by atoms with Gasteiger partial charge in [-0.2, -0.15) is 4.68 Å². The molecule has 3 aromatic rings. The van der Waals surface area contributed by atoms with Crippen molar-refractivity contribution in [2.75, 3.05) is 4.72 Å². The Bertz CT molecular complexity index is 984. The van der Waals surface area contributed by atoms with Crippen molar-refractivity contribution in [1.82, 2.24) is 20.2 Å². The quantitative estimate of drug-likeness (QED) is 0.777. The Labute approximate surface area is 136 Å². The number of hydrogen-bond donors (Lipinski definition) is 1. The highest BCUT2D eigenvalue weighted by Crippen LogP contribution is 2.23. The molecule has 0 amide bonds. The van der Waals surface area contributed by atoms with E-state index in [1.807, 2.05) is 0 Å². The predicted octanol–water partition coefficient (Wildman–Crippen LogP) is 2.05. The minimum Gasteiger partial charge on any atom is -0.279 e. The van der Waals surface area contributed by atoms with Gasteiger partial charge in [0.05, 0.1) is 11.4 Å². The Balaban J connectivity index is 1.98. The van der Waals surface area contributed by atoms with Gasteiger partial charge in [0.15, 0.2) is 10.7 Å². The Morgan fingerprint density at radius 2 is 1.75 bits per heavy atom. The molecule has 0 spiro atoms. The van der Waals surface area contributed by atoms with Crippen LogP contribution in [0.25, 0.3) is 5.69 Å². The molecule has 2 aromatic carbocycles. The van der Waals surface area contributed by atoms with E-state index in [-0.39, 0.29) is 5.69 Å². The highest BCUT2D eigenvalue weighted by atomic mass is 32.2. The molecular weight excluding hydrogens is 340 g/mol. The maximum atomic E-state index is 13.7. The van der Waals surface area contributed by atoms with E-state index in [9.17, 15) is 17.2 Å². The molecule has 0 bridgehead atoms. The van der Waals surface area contributed by atoms with Crippen LogP contribution in [-0.2, 0) is 10.0 Å². The Morgan fingerprint density at radius 1 is 1.08 bits per heavy atom. The number of rotatable bonds is 4. The minimum atomic E-state index is -4.43. The van der Waals surface area contributed by atoms with Crippen LogP contribution in [0.4, 0.5) is 14.5 Å². The molecule has 0 fully saturated rings. The second-order valence-electron chi connectivity index (χ2n) is 4.84. The zero-order chi connectivity index (χ0) is 17.3. The molecule has 0 aliphatic heterocycles. The van der Waals surface area contributed by atoms with Gasteiger partial charge in [-0.1, -0.05) is 12.1 Å². The van der Waals surface area contributed by atoms with Crippen molar-refractivity contribution in [1.29, 1.82) is 0 Å². The predicted molar refractivity (Wildman–Crippen MR) is 81.1 cm³/mol. The smallest absolute Gasteiger partial charge is 0.267 e. The average Bonchev–Trinajstić information content (AvgIpc) is 2.92. The van der Waals surface area contributed by atoms with Gasteiger partial charge in [-0.05, 0) is 47.7 Å². The Hall–Kier alpha value is -2.88. The van der Waals surface area contributed by atoms with Gasteiger partial charge < -0.3 is 0 Å². The van der Waals surface area contributed by atoms with Crippen LogP contribution in [0.15, 0.2) is 47.4 Å². The van der Waals surface area contributed by atoms with Gasteiger partial charge in [0.25, 0.3) is 10.0 Å². The maximum absolute atomic E-state index is 13.7. The number of nitrogens with zero attached hydrogens (tertiary/aromatic N) is 4. The number of aryl methyl sites for hydroxylation is 1. The molecule has 24 heavy (non-hydrogen) atoms. The monoisotopic (exact) mass is 351 g/mol. The van der Waals surface area contributed by atoms with E-state index >= 15 is 0 Å². The van der Waals surface area contributed by atoms with Crippen molar-refractivity contribution >= 4 is 15.7 Å². The summed E-state index contributed by atoms with van der Waals surface area (Å²) in [6, 6.07) is 8.94. The summed E-state index contributed by atoms with van der Waals surface area (Å²) in [5.41, 5.74) is 0.608. The van der Waals surface area contributed by atoms with Gasteiger partial charge in [-0.25, -0.2) is 17.2 Å². The summed E-state index contributed by atoms with van der Waals surface area (Å²) in [4.78, 5) is -1.03. The Morgan fingerprint density at radius 3 is 2.38 bits per heavy atom. The number of sulfonamides is 1. The van der Waals surface area contributed by atoms with Crippen LogP contribution in [0, 0.1) is 18.6 Å². The molecule has 0 radical (unpaired) electrons. The van der Waals surface area contributed by atoms with Crippen molar-refractivity contribution in [2.45, 2.75) is 11.8 Å². The van der Waals surface area contributed by atoms with E-state index in [1.165, 1.54) is 16.8 Å². The molecule has 1 heterocycles. The number of halogens is 2. The number of benzene rings is 2. The third-order valence-corrected chi connectivity index (χ3v) is 4.59. The first-order valence-electron chi connectivity index (χ1n) is 6.71. The maximum Gasteiger partial charge on any atom is 0.267 e. The second kappa shape index (κ2) is 5.96. The zero-order valence-corrected chi connectivity index (χ0v) is 13.1. The molecule has 10 heteroatoms. The van der Waals surface area contributed by atoms with E-state index in [0.29, 0.717) is 11.5 Å². The van der Waals surface area contributed by atoms with E-state index in [4.69, 9.17) is 0 Å². The molecule has 124 valence electrons. The van der Waals surface area contributed by atoms with E-state index in [2.05, 4.69) is 20.2 Å². The topological polar surface area (TPSA) is 89.8 Å². The van der Waals surface area contributed by atoms with Gasteiger partial charge in [0.1, 0.15) is 11.6 Å². The van der Waals surface area contributed by atoms with Gasteiger partial charge in [-0.15, -0.1) is 5.10 Å². The van der Waals surface area contributed by atoms with Crippen molar-refractivity contribution in [3.8, 4) is 5.69 Å². The molecular formula is C14H11F2N5O2S. The zero-order valence-electron chi connectivity index (χ0n) is 12.3. The van der Waals surface area contributed by atoms with Crippen LogP contribution in [0.1, 0.15) is 5.82 Å². The number of hydrogen-bond acceptors (Lipinski definition) is 5. The standard InChI is InChI=1S/C14H11F2N5O2S/c1-9-17-19-20-21(9)11-5-2-4-10(8-11)18-24(22,23)14-12(15)6-3-7-13(14)16/h2-8,18H,1H3. The molecule has 0 saturated heterocycles. The van der Waals surface area contributed by atoms with Crippen LogP contribution in [0.3, 0.4) is 0 Å². The summed E-state index contributed by atoms with van der Waals surface area (Å²) >= 11 is 0. The molecule has 1 N–H and O–H groups in total. The normalized spacial score (nSPS) is 11.5. The van der Waals surface area contributed by atoms with Crippen LogP contribution >= 0.6 is 0 Å². The average molecular weight is 351 g/mol. The molecule has 0 aliphatic carbocycles. The number of anilines is 1. The fourth-order valence-corrected chi connectivity index (χ4v) is 3.31. The molecule has 1 aromatic heterocycles. The lowest BCUT2D eigenvalue weighted by Gasteiger charge is -2.11. The largest absolute Gasteiger partial charge is 0.279 e. The van der Waals surface area contributed by atoms with E-state index in [1.54, 1.807) is 19.1 Å². The molecule has 0 aliphatic rings. The summed E-state index contributed by atoms with van der Waals surface area (Å²) in [5.74, 6) is -1.85. The lowest BCUT2D eigenvalue weighted by atomic mass is 10.3. The summed E-state index contributed by atoms with van der Waals surface area (Å²) in [7, 11) is -4.43. The van der Waals surface area contributed by atoms with E-state index < -0.39 is 26.6 Å². The number of aromatic nitrogens is 4. The van der Waals surface area contributed by atoms with Gasteiger partial charge in [0, 0.05) is 0 Å². The number of nitrogens with one attached hydrogen (secondary N) is 1. The second-order valence-corrected chi connectivity index (χ2v) is 6.46. The lowest BCUT2D eigenvalue weighted by Crippen LogP contribution is -2.16. The highest BCUT2D eigenvalue weighted by Gasteiger charge is 2.24. The first-order valence-corrected chi connectivity index (χ1v) is 8.19. The van der Waals surface area contributed by atoms with Crippen LogP contribution < -0.4 is 4.72 Å². The van der Waals surface area contributed by atoms with Crippen molar-refractivity contribution in [3.63, 3.8) is 0 Å². The molecule has 0 saturated carbocycles. The third-order valence-electron chi connectivity index (χ3n) is 3.16. The summed E-state index contributed by atoms with van der Waals surface area (Å²) in [6.07, 6.45) is 0. The van der Waals surface area contributed by atoms with Crippen molar-refractivity contribution in [2.24, 2.45) is 0 Å². The third kappa shape index (κ3) is 2.95. The van der Waals surface area contributed by atoms with E-state index in [0.717, 1.165) is 18.2 Å². The summed E-state index contributed by atoms with van der Waals surface area (Å²) < 4.78 is 55.5. The van der Waals surface area contributed by atoms with Gasteiger partial charge >= 0.3 is 0 Å². The first-order chi connectivity index (χ1) is 11.4. The van der Waals surface area contributed by atoms with Crippen molar-refractivity contribution < 1.29 is 17.2 Å². The summed E-state index contributed by atoms with van der Waals surface area (Å²) in [6.45, 7) is 1.67. The lowest BCUT2D eigenvalue weighted by molar-refractivity contribution is 0.521. The highest BCUT2D eigenvalue weighted by molar-refractivity contribution is 7.92. The minimum absolute atomic E-state index is 0.116.